The monoisotopic (exact) mass is 322 g/mol. The van der Waals surface area contributed by atoms with Crippen LogP contribution in [0, 0.1) is 6.92 Å². The van der Waals surface area contributed by atoms with Gasteiger partial charge in [-0.3, -0.25) is 9.78 Å². The highest BCUT2D eigenvalue weighted by molar-refractivity contribution is 6.06. The van der Waals surface area contributed by atoms with Gasteiger partial charge in [-0.1, -0.05) is 12.1 Å². The molecule has 1 atom stereocenters. The van der Waals surface area contributed by atoms with Gasteiger partial charge >= 0.3 is 0 Å². The molecule has 1 fully saturated rings. The zero-order valence-corrected chi connectivity index (χ0v) is 13.4. The Morgan fingerprint density at radius 3 is 3.04 bits per heavy atom. The minimum atomic E-state index is -0.218. The van der Waals surface area contributed by atoms with E-state index in [4.69, 9.17) is 4.74 Å². The number of rotatable bonds is 2. The van der Waals surface area contributed by atoms with Crippen LogP contribution in [0.5, 0.6) is 0 Å². The first kappa shape index (κ1) is 14.8. The molecule has 0 saturated carbocycles. The van der Waals surface area contributed by atoms with Crippen molar-refractivity contribution in [2.45, 2.75) is 13.0 Å². The topological polar surface area (TPSA) is 71.1 Å². The fraction of sp³-hybridized carbons (Fsp3) is 0.278. The molecule has 1 aliphatic rings. The molecule has 0 aliphatic carbocycles. The van der Waals surface area contributed by atoms with Gasteiger partial charge in [0.25, 0.3) is 5.91 Å². The molecule has 1 aromatic carbocycles. The zero-order valence-electron chi connectivity index (χ0n) is 13.4. The van der Waals surface area contributed by atoms with Crippen LogP contribution in [0.25, 0.3) is 10.9 Å². The lowest BCUT2D eigenvalue weighted by Gasteiger charge is -2.32. The van der Waals surface area contributed by atoms with Crippen molar-refractivity contribution < 1.29 is 9.53 Å². The number of morpholine rings is 1. The zero-order chi connectivity index (χ0) is 16.5. The Bertz CT molecular complexity index is 884. The van der Waals surface area contributed by atoms with Gasteiger partial charge in [-0.2, -0.15) is 0 Å². The van der Waals surface area contributed by atoms with E-state index in [9.17, 15) is 4.79 Å². The number of amides is 1. The Labute approximate surface area is 139 Å². The lowest BCUT2D eigenvalue weighted by atomic mass is 10.1. The van der Waals surface area contributed by atoms with Crippen LogP contribution in [0.2, 0.25) is 0 Å². The smallest absolute Gasteiger partial charge is 0.254 e. The van der Waals surface area contributed by atoms with Crippen molar-refractivity contribution in [3.05, 3.63) is 59.8 Å². The summed E-state index contributed by atoms with van der Waals surface area (Å²) in [6, 6.07) is 9.43. The molecule has 4 rings (SSSR count). The summed E-state index contributed by atoms with van der Waals surface area (Å²) in [5, 5.41) is 0.877. The molecular weight excluding hydrogens is 304 g/mol. The lowest BCUT2D eigenvalue weighted by Crippen LogP contribution is -2.42. The number of hydrogen-bond donors (Lipinski definition) is 1. The number of carbonyl (C=O) groups excluding carboxylic acids is 1. The van der Waals surface area contributed by atoms with E-state index in [2.05, 4.69) is 15.0 Å². The first-order valence-corrected chi connectivity index (χ1v) is 7.98. The molecule has 0 radical (unpaired) electrons. The second kappa shape index (κ2) is 6.05. The number of H-pyrrole nitrogens is 1. The normalized spacial score (nSPS) is 18.0. The van der Waals surface area contributed by atoms with Crippen LogP contribution in [0.3, 0.4) is 0 Å². The molecule has 6 heteroatoms. The summed E-state index contributed by atoms with van der Waals surface area (Å²) in [6.07, 6.45) is 3.29. The number of carbonyl (C=O) groups is 1. The summed E-state index contributed by atoms with van der Waals surface area (Å²) >= 11 is 0. The Morgan fingerprint density at radius 2 is 2.21 bits per heavy atom. The van der Waals surface area contributed by atoms with Crippen LogP contribution in [0.4, 0.5) is 0 Å². The average Bonchev–Trinajstić information content (AvgIpc) is 3.07. The number of pyridine rings is 1. The van der Waals surface area contributed by atoms with Crippen LogP contribution < -0.4 is 0 Å². The number of aromatic amines is 1. The van der Waals surface area contributed by atoms with Gasteiger partial charge in [0.2, 0.25) is 0 Å². The Kier molecular flexibility index (Phi) is 3.74. The van der Waals surface area contributed by atoms with Crippen LogP contribution in [0.15, 0.2) is 42.7 Å². The third-order valence-corrected chi connectivity index (χ3v) is 4.26. The number of aromatic nitrogens is 3. The Morgan fingerprint density at radius 1 is 1.29 bits per heavy atom. The van der Waals surface area contributed by atoms with Crippen molar-refractivity contribution in [1.82, 2.24) is 19.9 Å². The number of nitrogens with one attached hydrogen (secondary N) is 1. The van der Waals surface area contributed by atoms with Gasteiger partial charge in [-0.05, 0) is 25.1 Å². The van der Waals surface area contributed by atoms with Crippen molar-refractivity contribution in [2.24, 2.45) is 0 Å². The maximum atomic E-state index is 13.0. The third-order valence-electron chi connectivity index (χ3n) is 4.26. The molecule has 3 aromatic rings. The summed E-state index contributed by atoms with van der Waals surface area (Å²) < 4.78 is 5.78. The number of hydrogen-bond acceptors (Lipinski definition) is 4. The highest BCUT2D eigenvalue weighted by Gasteiger charge is 2.28. The van der Waals surface area contributed by atoms with Crippen LogP contribution in [-0.2, 0) is 4.74 Å². The quantitative estimate of drug-likeness (QED) is 0.787. The molecule has 122 valence electrons. The van der Waals surface area contributed by atoms with E-state index in [1.54, 1.807) is 12.4 Å². The number of ether oxygens (including phenoxy) is 1. The molecule has 2 aromatic heterocycles. The highest BCUT2D eigenvalue weighted by atomic mass is 16.5. The molecular formula is C18H18N4O2. The number of aryl methyl sites for hydroxylation is 1. The van der Waals surface area contributed by atoms with Gasteiger partial charge in [-0.25, -0.2) is 4.98 Å². The van der Waals surface area contributed by atoms with Crippen molar-refractivity contribution in [3.8, 4) is 0 Å². The average molecular weight is 322 g/mol. The van der Waals surface area contributed by atoms with E-state index in [1.807, 2.05) is 42.2 Å². The largest absolute Gasteiger partial charge is 0.367 e. The molecule has 1 saturated heterocycles. The van der Waals surface area contributed by atoms with E-state index in [0.717, 1.165) is 22.4 Å². The second-order valence-corrected chi connectivity index (χ2v) is 5.94. The van der Waals surface area contributed by atoms with Crippen molar-refractivity contribution in [1.29, 1.82) is 0 Å². The van der Waals surface area contributed by atoms with Gasteiger partial charge in [0.15, 0.2) is 0 Å². The SMILES string of the molecule is Cc1cnc([C@@H]2CN(C(=O)c3cccc4ncccc34)CCO2)[nH]1. The standard InChI is InChI=1S/C18H18N4O2/c1-12-10-20-17(21-12)16-11-22(8-9-24-16)18(23)14-4-2-6-15-13(14)5-3-7-19-15/h2-7,10,16H,8-9,11H2,1H3,(H,20,21)/t16-/m0/s1. The van der Waals surface area contributed by atoms with Crippen molar-refractivity contribution in [3.63, 3.8) is 0 Å². The molecule has 0 spiro atoms. The molecule has 1 amide bonds. The first-order valence-electron chi connectivity index (χ1n) is 7.98. The molecule has 3 heterocycles. The highest BCUT2D eigenvalue weighted by Crippen LogP contribution is 2.23. The molecule has 0 unspecified atom stereocenters. The third kappa shape index (κ3) is 2.65. The van der Waals surface area contributed by atoms with Crippen LogP contribution in [0.1, 0.15) is 28.0 Å². The van der Waals surface area contributed by atoms with Gasteiger partial charge in [0, 0.05) is 35.6 Å². The summed E-state index contributed by atoms with van der Waals surface area (Å²) in [6.45, 7) is 3.51. The predicted octanol–water partition coefficient (Wildman–Crippen LogP) is 2.48. The van der Waals surface area contributed by atoms with E-state index >= 15 is 0 Å². The van der Waals surface area contributed by atoms with Crippen molar-refractivity contribution >= 4 is 16.8 Å². The van der Waals surface area contributed by atoms with E-state index in [1.165, 1.54) is 0 Å². The van der Waals surface area contributed by atoms with Gasteiger partial charge in [0.1, 0.15) is 11.9 Å². The van der Waals surface area contributed by atoms with Crippen LogP contribution in [-0.4, -0.2) is 45.5 Å². The molecule has 24 heavy (non-hydrogen) atoms. The van der Waals surface area contributed by atoms with E-state index in [-0.39, 0.29) is 12.0 Å². The number of nitrogens with zero attached hydrogens (tertiary/aromatic N) is 3. The van der Waals surface area contributed by atoms with E-state index < -0.39 is 0 Å². The minimum Gasteiger partial charge on any atom is -0.367 e. The Balaban J connectivity index is 1.61. The Hall–Kier alpha value is -2.73. The molecule has 6 nitrogen and oxygen atoms in total. The maximum absolute atomic E-state index is 13.0. The first-order chi connectivity index (χ1) is 11.7. The molecule has 1 N–H and O–H groups in total. The fourth-order valence-electron chi connectivity index (χ4n) is 3.06. The summed E-state index contributed by atoms with van der Waals surface area (Å²) in [7, 11) is 0. The number of imidazole rings is 1. The molecule has 1 aliphatic heterocycles. The fourth-order valence-corrected chi connectivity index (χ4v) is 3.06. The number of fused-ring (bicyclic) bond motifs is 1. The minimum absolute atomic E-state index is 0.00479. The summed E-state index contributed by atoms with van der Waals surface area (Å²) in [5.74, 6) is 0.773. The maximum Gasteiger partial charge on any atom is 0.254 e. The number of benzene rings is 1. The van der Waals surface area contributed by atoms with Gasteiger partial charge in [0.05, 0.1) is 18.7 Å². The van der Waals surface area contributed by atoms with Crippen molar-refractivity contribution in [2.75, 3.05) is 19.7 Å². The lowest BCUT2D eigenvalue weighted by molar-refractivity contribution is -0.0264. The summed E-state index contributed by atoms with van der Waals surface area (Å²) in [5.41, 5.74) is 2.49. The van der Waals surface area contributed by atoms with E-state index in [0.29, 0.717) is 25.3 Å². The second-order valence-electron chi connectivity index (χ2n) is 5.94. The van der Waals surface area contributed by atoms with Gasteiger partial charge < -0.3 is 14.6 Å². The predicted molar refractivity (Wildman–Crippen MR) is 89.7 cm³/mol. The van der Waals surface area contributed by atoms with Crippen LogP contribution >= 0.6 is 0 Å². The molecule has 0 bridgehead atoms. The summed E-state index contributed by atoms with van der Waals surface area (Å²) in [4.78, 5) is 26.7. The van der Waals surface area contributed by atoms with Gasteiger partial charge in [-0.15, -0.1) is 0 Å².